The van der Waals surface area contributed by atoms with E-state index in [1.54, 1.807) is 43.3 Å². The molecule has 1 amide bonds. The highest BCUT2D eigenvalue weighted by Gasteiger charge is 2.28. The molecular formula is C27H25ClN4O5S2. The van der Waals surface area contributed by atoms with Crippen molar-refractivity contribution < 1.29 is 21.6 Å². The monoisotopic (exact) mass is 584 g/mol. The minimum atomic E-state index is -4.13. The van der Waals surface area contributed by atoms with Crippen LogP contribution in [0.2, 0.25) is 5.02 Å². The predicted molar refractivity (Wildman–Crippen MR) is 152 cm³/mol. The second-order valence-corrected chi connectivity index (χ2v) is 12.6. The Morgan fingerprint density at radius 1 is 0.872 bits per heavy atom. The van der Waals surface area contributed by atoms with Crippen LogP contribution < -0.4 is 14.3 Å². The number of sulfonamides is 2. The first-order chi connectivity index (χ1) is 18.5. The number of pyridine rings is 1. The highest BCUT2D eigenvalue weighted by atomic mass is 35.5. The highest BCUT2D eigenvalue weighted by Crippen LogP contribution is 2.30. The Morgan fingerprint density at radius 3 is 2.18 bits per heavy atom. The van der Waals surface area contributed by atoms with Gasteiger partial charge in [-0.05, 0) is 80.1 Å². The molecule has 0 fully saturated rings. The molecule has 3 aromatic carbocycles. The number of carbonyl (C=O) groups is 1. The Kier molecular flexibility index (Phi) is 8.24. The molecule has 1 heterocycles. The van der Waals surface area contributed by atoms with Crippen molar-refractivity contribution in [2.24, 2.45) is 0 Å². The highest BCUT2D eigenvalue weighted by molar-refractivity contribution is 7.93. The molecule has 0 spiro atoms. The minimum absolute atomic E-state index is 0.0234. The molecule has 0 aliphatic carbocycles. The molecule has 0 radical (unpaired) electrons. The van der Waals surface area contributed by atoms with E-state index < -0.39 is 32.5 Å². The third-order valence-corrected chi connectivity index (χ3v) is 9.07. The molecular weight excluding hydrogens is 560 g/mol. The second-order valence-electron chi connectivity index (χ2n) is 8.65. The lowest BCUT2D eigenvalue weighted by Crippen LogP contribution is -2.38. The van der Waals surface area contributed by atoms with Gasteiger partial charge in [0.05, 0.1) is 15.5 Å². The molecule has 0 aliphatic rings. The first-order valence-corrected chi connectivity index (χ1v) is 15.0. The summed E-state index contributed by atoms with van der Waals surface area (Å²) in [5.41, 5.74) is 2.04. The van der Waals surface area contributed by atoms with Crippen LogP contribution in [0.1, 0.15) is 11.1 Å². The van der Waals surface area contributed by atoms with Gasteiger partial charge in [-0.1, -0.05) is 41.4 Å². The van der Waals surface area contributed by atoms with Crippen LogP contribution in [0.25, 0.3) is 0 Å². The molecule has 0 aliphatic heterocycles. The number of aromatic nitrogens is 1. The smallest absolute Gasteiger partial charge is 0.264 e. The quantitative estimate of drug-likeness (QED) is 0.286. The summed E-state index contributed by atoms with van der Waals surface area (Å²) in [6.45, 7) is 3.02. The Hall–Kier alpha value is -3.93. The topological polar surface area (TPSA) is 126 Å². The van der Waals surface area contributed by atoms with Crippen molar-refractivity contribution in [1.29, 1.82) is 0 Å². The zero-order valence-electron chi connectivity index (χ0n) is 21.0. The van der Waals surface area contributed by atoms with Crippen molar-refractivity contribution in [1.82, 2.24) is 4.98 Å². The maximum atomic E-state index is 13.6. The number of hydrogen-bond acceptors (Lipinski definition) is 6. The van der Waals surface area contributed by atoms with E-state index in [4.69, 9.17) is 11.6 Å². The number of rotatable bonds is 9. The standard InChI is InChI=1S/C27H25ClN4O5S2/c1-19-6-12-24(13-7-19)39(36,37)32(25-17-21(28)9-8-20(25)2)18-27(33)30-22-10-14-23(15-11-22)38(34,35)31-26-5-3-4-16-29-26/h3-17H,18H2,1-2H3,(H,29,31)(H,30,33). The van der Waals surface area contributed by atoms with Crippen LogP contribution >= 0.6 is 11.6 Å². The van der Waals surface area contributed by atoms with Crippen molar-refractivity contribution in [3.05, 3.63) is 107 Å². The van der Waals surface area contributed by atoms with Gasteiger partial charge in [0.1, 0.15) is 12.4 Å². The number of hydrogen-bond donors (Lipinski definition) is 2. The molecule has 0 unspecified atom stereocenters. The minimum Gasteiger partial charge on any atom is -0.325 e. The lowest BCUT2D eigenvalue weighted by molar-refractivity contribution is -0.114. The maximum Gasteiger partial charge on any atom is 0.264 e. The maximum absolute atomic E-state index is 13.6. The summed E-state index contributed by atoms with van der Waals surface area (Å²) < 4.78 is 55.9. The zero-order valence-corrected chi connectivity index (χ0v) is 23.4. The van der Waals surface area contributed by atoms with Crippen LogP contribution in [0.3, 0.4) is 0 Å². The number of benzene rings is 3. The van der Waals surface area contributed by atoms with Gasteiger partial charge in [0, 0.05) is 16.9 Å². The SMILES string of the molecule is Cc1ccc(S(=O)(=O)N(CC(=O)Nc2ccc(S(=O)(=O)Nc3ccccn3)cc2)c2cc(Cl)ccc2C)cc1. The molecule has 0 bridgehead atoms. The molecule has 4 aromatic rings. The van der Waals surface area contributed by atoms with Crippen molar-refractivity contribution in [2.45, 2.75) is 23.6 Å². The lowest BCUT2D eigenvalue weighted by atomic mass is 10.2. The fourth-order valence-corrected chi connectivity index (χ4v) is 6.31. The Bertz CT molecular complexity index is 1700. The second kappa shape index (κ2) is 11.4. The van der Waals surface area contributed by atoms with Gasteiger partial charge in [-0.15, -0.1) is 0 Å². The van der Waals surface area contributed by atoms with Gasteiger partial charge in [0.15, 0.2) is 0 Å². The van der Waals surface area contributed by atoms with Gasteiger partial charge in [-0.3, -0.25) is 13.8 Å². The van der Waals surface area contributed by atoms with Gasteiger partial charge in [-0.25, -0.2) is 21.8 Å². The largest absolute Gasteiger partial charge is 0.325 e. The third kappa shape index (κ3) is 6.75. The molecule has 39 heavy (non-hydrogen) atoms. The summed E-state index contributed by atoms with van der Waals surface area (Å²) in [6, 6.07) is 21.4. The Labute approximate surface area is 232 Å². The Morgan fingerprint density at radius 2 is 1.54 bits per heavy atom. The molecule has 4 rings (SSSR count). The van der Waals surface area contributed by atoms with Crippen LogP contribution in [-0.2, 0) is 24.8 Å². The molecule has 12 heteroatoms. The van der Waals surface area contributed by atoms with E-state index in [1.165, 1.54) is 54.7 Å². The fourth-order valence-electron chi connectivity index (χ4n) is 3.66. The molecule has 202 valence electrons. The number of aryl methyl sites for hydroxylation is 2. The van der Waals surface area contributed by atoms with Gasteiger partial charge in [-0.2, -0.15) is 0 Å². The fraction of sp³-hybridized carbons (Fsp3) is 0.111. The molecule has 9 nitrogen and oxygen atoms in total. The number of nitrogens with zero attached hydrogens (tertiary/aromatic N) is 2. The van der Waals surface area contributed by atoms with Crippen LogP contribution in [0.5, 0.6) is 0 Å². The Balaban J connectivity index is 1.57. The number of anilines is 3. The molecule has 2 N–H and O–H groups in total. The normalized spacial score (nSPS) is 11.6. The van der Waals surface area contributed by atoms with E-state index in [2.05, 4.69) is 15.0 Å². The summed E-state index contributed by atoms with van der Waals surface area (Å²) in [6.07, 6.45) is 1.46. The molecule has 0 saturated heterocycles. The van der Waals surface area contributed by atoms with Gasteiger partial charge < -0.3 is 5.32 Å². The molecule has 1 aromatic heterocycles. The van der Waals surface area contributed by atoms with Crippen LogP contribution in [-0.4, -0.2) is 34.3 Å². The summed E-state index contributed by atoms with van der Waals surface area (Å²) >= 11 is 6.17. The van der Waals surface area contributed by atoms with E-state index in [9.17, 15) is 21.6 Å². The van der Waals surface area contributed by atoms with Crippen LogP contribution in [0.4, 0.5) is 17.2 Å². The van der Waals surface area contributed by atoms with E-state index in [0.29, 0.717) is 10.6 Å². The summed E-state index contributed by atoms with van der Waals surface area (Å²) in [5.74, 6) is -0.464. The van der Waals surface area contributed by atoms with Crippen molar-refractivity contribution in [3.63, 3.8) is 0 Å². The summed E-state index contributed by atoms with van der Waals surface area (Å²) in [7, 11) is -8.03. The van der Waals surface area contributed by atoms with E-state index in [-0.39, 0.29) is 27.0 Å². The predicted octanol–water partition coefficient (Wildman–Crippen LogP) is 4.99. The average molecular weight is 585 g/mol. The van der Waals surface area contributed by atoms with E-state index in [0.717, 1.165) is 9.87 Å². The number of amides is 1. The summed E-state index contributed by atoms with van der Waals surface area (Å²) in [4.78, 5) is 17.0. The van der Waals surface area contributed by atoms with Gasteiger partial charge in [0.25, 0.3) is 20.0 Å². The number of nitrogens with one attached hydrogen (secondary N) is 2. The van der Waals surface area contributed by atoms with Crippen LogP contribution in [0.15, 0.2) is 101 Å². The van der Waals surface area contributed by atoms with Crippen molar-refractivity contribution in [3.8, 4) is 0 Å². The first-order valence-electron chi connectivity index (χ1n) is 11.6. The lowest BCUT2D eigenvalue weighted by Gasteiger charge is -2.26. The van der Waals surface area contributed by atoms with Crippen molar-refractivity contribution >= 4 is 54.7 Å². The van der Waals surface area contributed by atoms with E-state index >= 15 is 0 Å². The van der Waals surface area contributed by atoms with Gasteiger partial charge in [0.2, 0.25) is 5.91 Å². The third-order valence-electron chi connectivity index (χ3n) is 5.69. The van der Waals surface area contributed by atoms with Gasteiger partial charge >= 0.3 is 0 Å². The average Bonchev–Trinajstić information content (AvgIpc) is 2.89. The number of halogens is 1. The van der Waals surface area contributed by atoms with Crippen molar-refractivity contribution in [2.75, 3.05) is 20.9 Å². The summed E-state index contributed by atoms with van der Waals surface area (Å²) in [5, 5.41) is 2.95. The zero-order chi connectivity index (χ0) is 28.2. The molecule has 0 atom stereocenters. The number of carbonyl (C=O) groups excluding carboxylic acids is 1. The molecule has 0 saturated carbocycles. The van der Waals surface area contributed by atoms with Crippen LogP contribution in [0, 0.1) is 13.8 Å². The first kappa shape index (κ1) is 28.1. The van der Waals surface area contributed by atoms with E-state index in [1.807, 2.05) is 6.92 Å².